The highest BCUT2D eigenvalue weighted by atomic mass is 35.5. The van der Waals surface area contributed by atoms with Crippen molar-refractivity contribution in [2.75, 3.05) is 37.5 Å². The van der Waals surface area contributed by atoms with Gasteiger partial charge in [0.25, 0.3) is 0 Å². The molecule has 0 bridgehead atoms. The molecule has 0 aliphatic carbocycles. The molecule has 2 aromatic rings. The third-order valence-electron chi connectivity index (χ3n) is 3.05. The number of amides is 1. The van der Waals surface area contributed by atoms with Crippen molar-refractivity contribution in [2.24, 2.45) is 0 Å². The van der Waals surface area contributed by atoms with Crippen molar-refractivity contribution >= 4 is 40.5 Å². The summed E-state index contributed by atoms with van der Waals surface area (Å²) in [5.74, 6) is 0.472. The topological polar surface area (TPSA) is 59.6 Å². The summed E-state index contributed by atoms with van der Waals surface area (Å²) in [4.78, 5) is 12.0. The molecule has 0 spiro atoms. The molecule has 0 saturated heterocycles. The van der Waals surface area contributed by atoms with Gasteiger partial charge >= 0.3 is 0 Å². The predicted octanol–water partition coefficient (Wildman–Crippen LogP) is 4.07. The second-order valence-electron chi connectivity index (χ2n) is 4.89. The van der Waals surface area contributed by atoms with Crippen molar-refractivity contribution in [3.05, 3.63) is 52.5 Å². The van der Waals surface area contributed by atoms with Gasteiger partial charge in [0.15, 0.2) is 0 Å². The minimum atomic E-state index is -0.232. The Hall–Kier alpha value is -1.95. The number of carbonyl (C=O) groups is 1. The standard InChI is InChI=1S/C17H18Cl2N2O3/c1-23-7-8-24-14-4-2-3-13(10-14)20-11-17(22)21-16-9-12(18)5-6-15(16)19/h2-6,9-10,20H,7-8,11H2,1H3,(H,21,22). The lowest BCUT2D eigenvalue weighted by Crippen LogP contribution is -2.21. The Morgan fingerprint density at radius 2 is 1.96 bits per heavy atom. The van der Waals surface area contributed by atoms with Gasteiger partial charge in [0.05, 0.1) is 23.9 Å². The first-order chi connectivity index (χ1) is 11.6. The van der Waals surface area contributed by atoms with E-state index in [4.69, 9.17) is 32.7 Å². The molecule has 0 radical (unpaired) electrons. The normalized spacial score (nSPS) is 10.3. The molecule has 24 heavy (non-hydrogen) atoms. The Labute approximate surface area is 150 Å². The van der Waals surface area contributed by atoms with Crippen LogP contribution in [0.1, 0.15) is 0 Å². The Bertz CT molecular complexity index is 695. The van der Waals surface area contributed by atoms with Crippen LogP contribution in [0, 0.1) is 0 Å². The van der Waals surface area contributed by atoms with Gasteiger partial charge in [0.1, 0.15) is 12.4 Å². The number of nitrogens with one attached hydrogen (secondary N) is 2. The quantitative estimate of drug-likeness (QED) is 0.689. The highest BCUT2D eigenvalue weighted by molar-refractivity contribution is 6.35. The van der Waals surface area contributed by atoms with Crippen LogP contribution in [0.25, 0.3) is 0 Å². The monoisotopic (exact) mass is 368 g/mol. The number of hydrogen-bond donors (Lipinski definition) is 2. The average molecular weight is 369 g/mol. The summed E-state index contributed by atoms with van der Waals surface area (Å²) < 4.78 is 10.5. The number of rotatable bonds is 8. The summed E-state index contributed by atoms with van der Waals surface area (Å²) in [7, 11) is 1.62. The lowest BCUT2D eigenvalue weighted by atomic mass is 10.3. The van der Waals surface area contributed by atoms with Gasteiger partial charge in [0.2, 0.25) is 5.91 Å². The van der Waals surface area contributed by atoms with Crippen LogP contribution in [0.4, 0.5) is 11.4 Å². The molecular formula is C17H18Cl2N2O3. The largest absolute Gasteiger partial charge is 0.491 e. The van der Waals surface area contributed by atoms with Crippen LogP contribution in [0.3, 0.4) is 0 Å². The molecule has 0 atom stereocenters. The summed E-state index contributed by atoms with van der Waals surface area (Å²) in [5.41, 5.74) is 1.25. The summed E-state index contributed by atoms with van der Waals surface area (Å²) in [6.45, 7) is 1.07. The van der Waals surface area contributed by atoms with Gasteiger partial charge in [-0.05, 0) is 30.3 Å². The van der Waals surface area contributed by atoms with Gasteiger partial charge in [-0.2, -0.15) is 0 Å². The number of halogens is 2. The lowest BCUT2D eigenvalue weighted by molar-refractivity contribution is -0.114. The fourth-order valence-electron chi connectivity index (χ4n) is 1.91. The number of ether oxygens (including phenoxy) is 2. The van der Waals surface area contributed by atoms with E-state index >= 15 is 0 Å². The maximum atomic E-state index is 12.0. The van der Waals surface area contributed by atoms with Crippen molar-refractivity contribution < 1.29 is 14.3 Å². The van der Waals surface area contributed by atoms with E-state index in [1.165, 1.54) is 0 Å². The van der Waals surface area contributed by atoms with Crippen LogP contribution in [-0.4, -0.2) is 32.8 Å². The fraction of sp³-hybridized carbons (Fsp3) is 0.235. The summed E-state index contributed by atoms with van der Waals surface area (Å²) in [5, 5.41) is 6.68. The highest BCUT2D eigenvalue weighted by Gasteiger charge is 2.07. The van der Waals surface area contributed by atoms with Crippen LogP contribution in [0.2, 0.25) is 10.0 Å². The minimum Gasteiger partial charge on any atom is -0.491 e. The Kier molecular flexibility index (Phi) is 7.18. The first kappa shape index (κ1) is 18.4. The van der Waals surface area contributed by atoms with Crippen molar-refractivity contribution in [3.8, 4) is 5.75 Å². The lowest BCUT2D eigenvalue weighted by Gasteiger charge is -2.11. The first-order valence-corrected chi connectivity index (χ1v) is 8.04. The first-order valence-electron chi connectivity index (χ1n) is 7.29. The third kappa shape index (κ3) is 5.92. The summed E-state index contributed by atoms with van der Waals surface area (Å²) >= 11 is 11.9. The number of benzene rings is 2. The molecule has 0 aliphatic heterocycles. The molecule has 0 aliphatic rings. The van der Waals surface area contributed by atoms with E-state index in [-0.39, 0.29) is 12.5 Å². The number of methoxy groups -OCH3 is 1. The molecule has 128 valence electrons. The zero-order valence-corrected chi connectivity index (χ0v) is 14.7. The van der Waals surface area contributed by atoms with Gasteiger partial charge in [-0.3, -0.25) is 4.79 Å². The van der Waals surface area contributed by atoms with E-state index in [0.717, 1.165) is 5.69 Å². The van der Waals surface area contributed by atoms with E-state index in [9.17, 15) is 4.79 Å². The molecule has 5 nitrogen and oxygen atoms in total. The van der Waals surface area contributed by atoms with Gasteiger partial charge in [0, 0.05) is 23.9 Å². The Morgan fingerprint density at radius 3 is 2.75 bits per heavy atom. The molecule has 0 heterocycles. The van der Waals surface area contributed by atoms with Crippen molar-refractivity contribution in [2.45, 2.75) is 0 Å². The van der Waals surface area contributed by atoms with Crippen LogP contribution in [0.15, 0.2) is 42.5 Å². The molecule has 2 aromatic carbocycles. The molecule has 2 rings (SSSR count). The smallest absolute Gasteiger partial charge is 0.243 e. The SMILES string of the molecule is COCCOc1cccc(NCC(=O)Nc2cc(Cl)ccc2Cl)c1. The molecular weight excluding hydrogens is 351 g/mol. The predicted molar refractivity (Wildman–Crippen MR) is 97.4 cm³/mol. The number of carbonyl (C=O) groups excluding carboxylic acids is 1. The second kappa shape index (κ2) is 9.37. The minimum absolute atomic E-state index is 0.0877. The zero-order valence-electron chi connectivity index (χ0n) is 13.1. The van der Waals surface area contributed by atoms with Gasteiger partial charge in [-0.25, -0.2) is 0 Å². The summed E-state index contributed by atoms with van der Waals surface area (Å²) in [6, 6.07) is 12.2. The van der Waals surface area contributed by atoms with Crippen LogP contribution >= 0.6 is 23.2 Å². The van der Waals surface area contributed by atoms with Crippen molar-refractivity contribution in [1.82, 2.24) is 0 Å². The molecule has 0 aromatic heterocycles. The zero-order chi connectivity index (χ0) is 17.4. The van der Waals surface area contributed by atoms with Crippen molar-refractivity contribution in [3.63, 3.8) is 0 Å². The number of anilines is 2. The molecule has 1 amide bonds. The molecule has 2 N–H and O–H groups in total. The molecule has 0 saturated carbocycles. The average Bonchev–Trinajstić information content (AvgIpc) is 2.57. The maximum Gasteiger partial charge on any atom is 0.243 e. The molecule has 0 unspecified atom stereocenters. The Morgan fingerprint density at radius 1 is 1.12 bits per heavy atom. The highest BCUT2D eigenvalue weighted by Crippen LogP contribution is 2.25. The van der Waals surface area contributed by atoms with Crippen LogP contribution in [-0.2, 0) is 9.53 Å². The maximum absolute atomic E-state index is 12.0. The summed E-state index contributed by atoms with van der Waals surface area (Å²) in [6.07, 6.45) is 0. The van der Waals surface area contributed by atoms with Gasteiger partial charge < -0.3 is 20.1 Å². The van der Waals surface area contributed by atoms with Gasteiger partial charge in [-0.15, -0.1) is 0 Å². The van der Waals surface area contributed by atoms with E-state index in [2.05, 4.69) is 10.6 Å². The van der Waals surface area contributed by atoms with Gasteiger partial charge in [-0.1, -0.05) is 29.3 Å². The van der Waals surface area contributed by atoms with E-state index in [1.54, 1.807) is 25.3 Å². The van der Waals surface area contributed by atoms with E-state index in [0.29, 0.717) is 34.7 Å². The number of hydrogen-bond acceptors (Lipinski definition) is 4. The fourth-order valence-corrected chi connectivity index (χ4v) is 2.25. The van der Waals surface area contributed by atoms with E-state index in [1.807, 2.05) is 24.3 Å². The van der Waals surface area contributed by atoms with Crippen LogP contribution < -0.4 is 15.4 Å². The Balaban J connectivity index is 1.87. The molecule has 0 fully saturated rings. The molecule has 7 heteroatoms. The van der Waals surface area contributed by atoms with Crippen molar-refractivity contribution in [1.29, 1.82) is 0 Å². The van der Waals surface area contributed by atoms with E-state index < -0.39 is 0 Å². The second-order valence-corrected chi connectivity index (χ2v) is 5.74. The van der Waals surface area contributed by atoms with Crippen LogP contribution in [0.5, 0.6) is 5.75 Å². The third-order valence-corrected chi connectivity index (χ3v) is 3.61.